The minimum atomic E-state index is -0.987. The highest BCUT2D eigenvalue weighted by Crippen LogP contribution is 2.07. The quantitative estimate of drug-likeness (QED) is 0.689. The first-order valence-electron chi connectivity index (χ1n) is 8.13. The normalized spacial score (nSPS) is 12.9. The lowest BCUT2D eigenvalue weighted by atomic mass is 10.2. The van der Waals surface area contributed by atoms with Crippen molar-refractivity contribution in [3.05, 3.63) is 71.8 Å². The van der Waals surface area contributed by atoms with Gasteiger partial charge in [0.2, 0.25) is 0 Å². The van der Waals surface area contributed by atoms with Gasteiger partial charge in [-0.25, -0.2) is 9.59 Å². The summed E-state index contributed by atoms with van der Waals surface area (Å²) in [7, 11) is 0. The first kappa shape index (κ1) is 18.7. The fraction of sp³-hybridized carbons (Fsp3) is 0.300. The third-order valence-corrected chi connectivity index (χ3v) is 3.52. The molecule has 0 radical (unpaired) electrons. The summed E-state index contributed by atoms with van der Waals surface area (Å²) in [6.07, 6.45) is -1.76. The van der Waals surface area contributed by atoms with Gasteiger partial charge in [0, 0.05) is 0 Å². The van der Waals surface area contributed by atoms with E-state index in [0.717, 1.165) is 11.1 Å². The molecule has 0 aliphatic heterocycles. The minimum Gasteiger partial charge on any atom is -0.458 e. The molecule has 2 aromatic rings. The van der Waals surface area contributed by atoms with Gasteiger partial charge in [-0.1, -0.05) is 60.7 Å². The fourth-order valence-corrected chi connectivity index (χ4v) is 2.03. The van der Waals surface area contributed by atoms with E-state index in [9.17, 15) is 9.59 Å². The fourth-order valence-electron chi connectivity index (χ4n) is 2.03. The lowest BCUT2D eigenvalue weighted by molar-refractivity contribution is -0.174. The highest BCUT2D eigenvalue weighted by Gasteiger charge is 2.23. The zero-order chi connectivity index (χ0) is 18.1. The lowest BCUT2D eigenvalue weighted by Gasteiger charge is -2.16. The first-order valence-corrected chi connectivity index (χ1v) is 8.13. The van der Waals surface area contributed by atoms with Crippen molar-refractivity contribution in [1.29, 1.82) is 0 Å². The van der Waals surface area contributed by atoms with E-state index >= 15 is 0 Å². The average Bonchev–Trinajstić information content (AvgIpc) is 2.65. The second-order valence-electron chi connectivity index (χ2n) is 5.61. The van der Waals surface area contributed by atoms with Crippen LogP contribution in [-0.4, -0.2) is 24.1 Å². The smallest absolute Gasteiger partial charge is 0.347 e. The number of ether oxygens (including phenoxy) is 3. The Balaban J connectivity index is 1.73. The predicted molar refractivity (Wildman–Crippen MR) is 92.5 cm³/mol. The summed E-state index contributed by atoms with van der Waals surface area (Å²) in [5.74, 6) is -1.19. The van der Waals surface area contributed by atoms with Crippen LogP contribution >= 0.6 is 0 Å². The van der Waals surface area contributed by atoms with E-state index in [1.807, 2.05) is 60.7 Å². The molecule has 5 nitrogen and oxygen atoms in total. The van der Waals surface area contributed by atoms with Crippen LogP contribution in [0.15, 0.2) is 60.7 Å². The largest absolute Gasteiger partial charge is 0.458 e. The van der Waals surface area contributed by atoms with Crippen molar-refractivity contribution in [2.24, 2.45) is 0 Å². The summed E-state index contributed by atoms with van der Waals surface area (Å²) in [5, 5.41) is 0. The third kappa shape index (κ3) is 6.39. The molecule has 0 bridgehead atoms. The molecule has 0 amide bonds. The Hall–Kier alpha value is -2.66. The molecule has 2 rings (SSSR count). The van der Waals surface area contributed by atoms with Crippen LogP contribution in [-0.2, 0) is 37.0 Å². The molecular weight excluding hydrogens is 320 g/mol. The van der Waals surface area contributed by atoms with Crippen LogP contribution in [0.5, 0.6) is 0 Å². The van der Waals surface area contributed by atoms with Gasteiger partial charge in [0.05, 0.1) is 6.61 Å². The van der Waals surface area contributed by atoms with Gasteiger partial charge in [0.15, 0.2) is 12.2 Å². The van der Waals surface area contributed by atoms with Gasteiger partial charge in [-0.05, 0) is 25.0 Å². The van der Waals surface area contributed by atoms with E-state index in [2.05, 4.69) is 0 Å². The first-order chi connectivity index (χ1) is 12.1. The number of hydrogen-bond donors (Lipinski definition) is 0. The topological polar surface area (TPSA) is 61.8 Å². The zero-order valence-corrected chi connectivity index (χ0v) is 14.4. The molecule has 0 fully saturated rings. The molecule has 132 valence electrons. The Kier molecular flexibility index (Phi) is 7.16. The Morgan fingerprint density at radius 2 is 1.28 bits per heavy atom. The van der Waals surface area contributed by atoms with Crippen LogP contribution in [0.25, 0.3) is 0 Å². The highest BCUT2D eigenvalue weighted by atomic mass is 16.6. The third-order valence-electron chi connectivity index (χ3n) is 3.52. The van der Waals surface area contributed by atoms with Gasteiger partial charge in [-0.15, -0.1) is 0 Å². The number of benzene rings is 2. The Bertz CT molecular complexity index is 669. The van der Waals surface area contributed by atoms with Gasteiger partial charge < -0.3 is 14.2 Å². The molecule has 0 aromatic heterocycles. The molecule has 0 spiro atoms. The highest BCUT2D eigenvalue weighted by molar-refractivity contribution is 5.80. The van der Waals surface area contributed by atoms with Crippen molar-refractivity contribution in [2.45, 2.75) is 39.3 Å². The molecule has 25 heavy (non-hydrogen) atoms. The van der Waals surface area contributed by atoms with Gasteiger partial charge in [0.25, 0.3) is 0 Å². The number of carbonyl (C=O) groups excluding carboxylic acids is 2. The molecule has 0 N–H and O–H groups in total. The van der Waals surface area contributed by atoms with E-state index in [4.69, 9.17) is 14.2 Å². The molecule has 0 saturated carbocycles. The molecule has 0 heterocycles. The van der Waals surface area contributed by atoms with Crippen molar-refractivity contribution < 1.29 is 23.8 Å². The summed E-state index contributed by atoms with van der Waals surface area (Å²) in [6.45, 7) is 3.51. The Labute approximate surface area is 147 Å². The zero-order valence-electron chi connectivity index (χ0n) is 14.4. The number of rotatable bonds is 8. The molecular formula is C20H22O5. The van der Waals surface area contributed by atoms with Crippen molar-refractivity contribution in [3.8, 4) is 0 Å². The summed E-state index contributed by atoms with van der Waals surface area (Å²) in [4.78, 5) is 23.9. The van der Waals surface area contributed by atoms with Gasteiger partial charge in [-0.3, -0.25) is 0 Å². The Morgan fingerprint density at radius 3 is 1.84 bits per heavy atom. The van der Waals surface area contributed by atoms with E-state index in [0.29, 0.717) is 6.61 Å². The van der Waals surface area contributed by atoms with Crippen LogP contribution < -0.4 is 0 Å². The average molecular weight is 342 g/mol. The van der Waals surface area contributed by atoms with E-state index < -0.39 is 24.1 Å². The molecule has 0 saturated heterocycles. The van der Waals surface area contributed by atoms with Crippen molar-refractivity contribution in [2.75, 3.05) is 0 Å². The predicted octanol–water partition coefficient (Wildman–Crippen LogP) is 3.27. The maximum atomic E-state index is 12.0. The maximum absolute atomic E-state index is 12.0. The lowest BCUT2D eigenvalue weighted by Crippen LogP contribution is -2.32. The number of carbonyl (C=O) groups is 2. The Morgan fingerprint density at radius 1 is 0.760 bits per heavy atom. The van der Waals surface area contributed by atoms with Gasteiger partial charge in [0.1, 0.15) is 6.61 Å². The van der Waals surface area contributed by atoms with Crippen molar-refractivity contribution in [3.63, 3.8) is 0 Å². The second-order valence-corrected chi connectivity index (χ2v) is 5.61. The van der Waals surface area contributed by atoms with Crippen LogP contribution in [0.4, 0.5) is 0 Å². The minimum absolute atomic E-state index is 0.141. The molecule has 0 aliphatic carbocycles. The standard InChI is InChI=1S/C20H22O5/c1-15(23-13-17-9-5-3-6-10-17)20(22)25-16(2)19(21)24-14-18-11-7-4-8-12-18/h3-12,15-16H,13-14H2,1-2H3. The maximum Gasteiger partial charge on any atom is 0.347 e. The number of hydrogen-bond acceptors (Lipinski definition) is 5. The summed E-state index contributed by atoms with van der Waals surface area (Å²) >= 11 is 0. The molecule has 2 atom stereocenters. The van der Waals surface area contributed by atoms with Crippen LogP contribution in [0.1, 0.15) is 25.0 Å². The SMILES string of the molecule is CC(OCc1ccccc1)C(=O)OC(C)C(=O)OCc1ccccc1. The number of esters is 2. The van der Waals surface area contributed by atoms with Gasteiger partial charge >= 0.3 is 11.9 Å². The van der Waals surface area contributed by atoms with Gasteiger partial charge in [-0.2, -0.15) is 0 Å². The molecule has 5 heteroatoms. The monoisotopic (exact) mass is 342 g/mol. The summed E-state index contributed by atoms with van der Waals surface area (Å²) in [5.41, 5.74) is 1.83. The van der Waals surface area contributed by atoms with Crippen molar-refractivity contribution in [1.82, 2.24) is 0 Å². The summed E-state index contributed by atoms with van der Waals surface area (Å²) in [6, 6.07) is 18.8. The second kappa shape index (κ2) is 9.59. The molecule has 2 unspecified atom stereocenters. The van der Waals surface area contributed by atoms with Crippen LogP contribution in [0.3, 0.4) is 0 Å². The van der Waals surface area contributed by atoms with E-state index in [1.165, 1.54) is 6.92 Å². The van der Waals surface area contributed by atoms with Crippen LogP contribution in [0.2, 0.25) is 0 Å². The molecule has 2 aromatic carbocycles. The van der Waals surface area contributed by atoms with Crippen molar-refractivity contribution >= 4 is 11.9 Å². The molecule has 0 aliphatic rings. The summed E-state index contributed by atoms with van der Waals surface area (Å²) < 4.78 is 15.7. The van der Waals surface area contributed by atoms with E-state index in [1.54, 1.807) is 6.92 Å². The van der Waals surface area contributed by atoms with Crippen LogP contribution in [0, 0.1) is 0 Å². The van der Waals surface area contributed by atoms with E-state index in [-0.39, 0.29) is 6.61 Å².